The van der Waals surface area contributed by atoms with Crippen LogP contribution in [0.1, 0.15) is 12.0 Å². The van der Waals surface area contributed by atoms with E-state index in [2.05, 4.69) is 10.0 Å². The fourth-order valence-electron chi connectivity index (χ4n) is 2.46. The van der Waals surface area contributed by atoms with Crippen molar-refractivity contribution in [1.29, 1.82) is 0 Å². The van der Waals surface area contributed by atoms with Crippen LogP contribution in [0.3, 0.4) is 0 Å². The van der Waals surface area contributed by atoms with Crippen molar-refractivity contribution in [2.24, 2.45) is 0 Å². The normalized spacial score (nSPS) is 14.0. The Morgan fingerprint density at radius 3 is 2.70 bits per heavy atom. The number of carbonyl (C=O) groups is 1. The molecule has 0 unspecified atom stereocenters. The molecular weight excluding hydrogens is 332 g/mol. The van der Waals surface area contributed by atoms with E-state index in [1.807, 2.05) is 18.4 Å². The Morgan fingerprint density at radius 1 is 1.13 bits per heavy atom. The molecule has 7 heteroatoms. The average molecular weight is 348 g/mol. The highest BCUT2D eigenvalue weighted by Crippen LogP contribution is 2.29. The minimum Gasteiger partial charge on any atom is -0.326 e. The second kappa shape index (κ2) is 6.25. The van der Waals surface area contributed by atoms with E-state index in [0.29, 0.717) is 24.2 Å². The summed E-state index contributed by atoms with van der Waals surface area (Å²) in [6.07, 6.45) is 2.82. The van der Waals surface area contributed by atoms with Crippen LogP contribution < -0.4 is 10.0 Å². The van der Waals surface area contributed by atoms with E-state index in [0.717, 1.165) is 10.5 Å². The molecule has 0 aliphatic carbocycles. The molecule has 1 amide bonds. The molecule has 1 aliphatic heterocycles. The van der Waals surface area contributed by atoms with Gasteiger partial charge in [0, 0.05) is 17.0 Å². The number of hydrogen-bond donors (Lipinski definition) is 2. The first-order chi connectivity index (χ1) is 11.0. The van der Waals surface area contributed by atoms with E-state index >= 15 is 0 Å². The van der Waals surface area contributed by atoms with Gasteiger partial charge >= 0.3 is 0 Å². The van der Waals surface area contributed by atoms with Crippen LogP contribution in [0.15, 0.2) is 52.3 Å². The maximum atomic E-state index is 12.6. The molecule has 2 N–H and O–H groups in total. The second-order valence-corrected chi connectivity index (χ2v) is 7.70. The van der Waals surface area contributed by atoms with Gasteiger partial charge in [-0.05, 0) is 48.6 Å². The first-order valence-corrected chi connectivity index (χ1v) is 9.79. The molecule has 1 heterocycles. The zero-order valence-corrected chi connectivity index (χ0v) is 14.1. The third-order valence-electron chi connectivity index (χ3n) is 3.63. The van der Waals surface area contributed by atoms with Crippen LogP contribution in [-0.2, 0) is 21.2 Å². The van der Waals surface area contributed by atoms with E-state index in [1.54, 1.807) is 24.3 Å². The number of sulfonamides is 1. The molecule has 0 aromatic heterocycles. The van der Waals surface area contributed by atoms with E-state index in [9.17, 15) is 13.2 Å². The number of thioether (sulfide) groups is 1. The summed E-state index contributed by atoms with van der Waals surface area (Å²) in [6.45, 7) is 0. The standard InChI is InChI=1S/C16H16N2O3S2/c1-22-15-5-3-2-4-14(15)18-23(20,21)12-7-8-13-11(10-12)6-9-16(19)17-13/h2-5,7-8,10,18H,6,9H2,1H3,(H,17,19). The van der Waals surface area contributed by atoms with Gasteiger partial charge in [0.15, 0.2) is 0 Å². The first kappa shape index (κ1) is 15.9. The van der Waals surface area contributed by atoms with Crippen molar-refractivity contribution in [3.63, 3.8) is 0 Å². The Bertz CT molecular complexity index is 863. The van der Waals surface area contributed by atoms with Crippen molar-refractivity contribution in [3.8, 4) is 0 Å². The SMILES string of the molecule is CSc1ccccc1NS(=O)(=O)c1ccc2c(c1)CCC(=O)N2. The van der Waals surface area contributed by atoms with E-state index in [1.165, 1.54) is 17.8 Å². The fraction of sp³-hybridized carbons (Fsp3) is 0.188. The van der Waals surface area contributed by atoms with Crippen molar-refractivity contribution in [2.75, 3.05) is 16.3 Å². The third kappa shape index (κ3) is 3.35. The summed E-state index contributed by atoms with van der Waals surface area (Å²) in [5.74, 6) is -0.0415. The number of aryl methyl sites for hydroxylation is 1. The molecule has 2 aromatic carbocycles. The maximum absolute atomic E-state index is 12.6. The molecule has 0 radical (unpaired) electrons. The van der Waals surface area contributed by atoms with Crippen molar-refractivity contribution >= 4 is 39.1 Å². The number of anilines is 2. The summed E-state index contributed by atoms with van der Waals surface area (Å²) in [5.41, 5.74) is 2.08. The predicted molar refractivity (Wildman–Crippen MR) is 92.4 cm³/mol. The number of para-hydroxylation sites is 1. The summed E-state index contributed by atoms with van der Waals surface area (Å²) in [5, 5.41) is 2.75. The summed E-state index contributed by atoms with van der Waals surface area (Å²) in [6, 6.07) is 12.0. The van der Waals surface area contributed by atoms with Crippen molar-refractivity contribution in [2.45, 2.75) is 22.6 Å². The molecule has 0 atom stereocenters. The smallest absolute Gasteiger partial charge is 0.261 e. The minimum absolute atomic E-state index is 0.0415. The largest absolute Gasteiger partial charge is 0.326 e. The predicted octanol–water partition coefficient (Wildman–Crippen LogP) is 3.09. The van der Waals surface area contributed by atoms with Gasteiger partial charge in [-0.25, -0.2) is 8.42 Å². The van der Waals surface area contributed by atoms with Crippen LogP contribution in [0.25, 0.3) is 0 Å². The van der Waals surface area contributed by atoms with Crippen molar-refractivity contribution in [3.05, 3.63) is 48.0 Å². The Hall–Kier alpha value is -1.99. The van der Waals surface area contributed by atoms with E-state index in [4.69, 9.17) is 0 Å². The lowest BCUT2D eigenvalue weighted by molar-refractivity contribution is -0.116. The molecule has 23 heavy (non-hydrogen) atoms. The highest BCUT2D eigenvalue weighted by molar-refractivity contribution is 7.99. The Morgan fingerprint density at radius 2 is 1.91 bits per heavy atom. The summed E-state index contributed by atoms with van der Waals surface area (Å²) >= 11 is 1.48. The van der Waals surface area contributed by atoms with Crippen LogP contribution in [0.2, 0.25) is 0 Å². The van der Waals surface area contributed by atoms with Gasteiger partial charge in [-0.2, -0.15) is 0 Å². The Labute approximate surface area is 139 Å². The first-order valence-electron chi connectivity index (χ1n) is 7.08. The van der Waals surface area contributed by atoms with Gasteiger partial charge in [-0.15, -0.1) is 11.8 Å². The van der Waals surface area contributed by atoms with E-state index in [-0.39, 0.29) is 10.8 Å². The average Bonchev–Trinajstić information content (AvgIpc) is 2.54. The van der Waals surface area contributed by atoms with Gasteiger partial charge in [-0.1, -0.05) is 12.1 Å². The Balaban J connectivity index is 1.92. The lowest BCUT2D eigenvalue weighted by atomic mass is 10.0. The van der Waals surface area contributed by atoms with Crippen LogP contribution in [-0.4, -0.2) is 20.6 Å². The summed E-state index contributed by atoms with van der Waals surface area (Å²) < 4.78 is 27.9. The number of fused-ring (bicyclic) bond motifs is 1. The molecule has 0 saturated carbocycles. The number of carbonyl (C=O) groups excluding carboxylic acids is 1. The molecule has 2 aromatic rings. The molecule has 0 saturated heterocycles. The van der Waals surface area contributed by atoms with Crippen LogP contribution in [0.4, 0.5) is 11.4 Å². The zero-order chi connectivity index (χ0) is 16.4. The lowest BCUT2D eigenvalue weighted by Crippen LogP contribution is -2.20. The van der Waals surface area contributed by atoms with Gasteiger partial charge in [0.05, 0.1) is 10.6 Å². The quantitative estimate of drug-likeness (QED) is 0.833. The second-order valence-electron chi connectivity index (χ2n) is 5.17. The topological polar surface area (TPSA) is 75.3 Å². The number of benzene rings is 2. The van der Waals surface area contributed by atoms with Crippen LogP contribution in [0, 0.1) is 0 Å². The molecule has 3 rings (SSSR count). The lowest BCUT2D eigenvalue weighted by Gasteiger charge is -2.18. The monoisotopic (exact) mass is 348 g/mol. The third-order valence-corrected chi connectivity index (χ3v) is 5.79. The molecule has 0 fully saturated rings. The minimum atomic E-state index is -3.67. The van der Waals surface area contributed by atoms with Crippen LogP contribution >= 0.6 is 11.8 Å². The maximum Gasteiger partial charge on any atom is 0.261 e. The number of nitrogens with one attached hydrogen (secondary N) is 2. The highest BCUT2D eigenvalue weighted by atomic mass is 32.2. The highest BCUT2D eigenvalue weighted by Gasteiger charge is 2.20. The fourth-order valence-corrected chi connectivity index (χ4v) is 4.21. The number of rotatable bonds is 4. The molecule has 120 valence electrons. The van der Waals surface area contributed by atoms with Gasteiger partial charge < -0.3 is 5.32 Å². The van der Waals surface area contributed by atoms with E-state index < -0.39 is 10.0 Å². The van der Waals surface area contributed by atoms with Gasteiger partial charge in [0.1, 0.15) is 0 Å². The van der Waals surface area contributed by atoms with Gasteiger partial charge in [-0.3, -0.25) is 9.52 Å². The van der Waals surface area contributed by atoms with Gasteiger partial charge in [0.25, 0.3) is 10.0 Å². The Kier molecular flexibility index (Phi) is 4.32. The molecule has 0 bridgehead atoms. The van der Waals surface area contributed by atoms with Crippen molar-refractivity contribution < 1.29 is 13.2 Å². The van der Waals surface area contributed by atoms with Gasteiger partial charge in [0.2, 0.25) is 5.91 Å². The van der Waals surface area contributed by atoms with Crippen LogP contribution in [0.5, 0.6) is 0 Å². The summed E-state index contributed by atoms with van der Waals surface area (Å²) in [4.78, 5) is 12.4. The molecule has 1 aliphatic rings. The molecule has 5 nitrogen and oxygen atoms in total. The number of amides is 1. The molecular formula is C16H16N2O3S2. The summed E-state index contributed by atoms with van der Waals surface area (Å²) in [7, 11) is -3.67. The van der Waals surface area contributed by atoms with Crippen molar-refractivity contribution in [1.82, 2.24) is 0 Å². The molecule has 0 spiro atoms. The zero-order valence-electron chi connectivity index (χ0n) is 12.5. The number of hydrogen-bond acceptors (Lipinski definition) is 4.